The summed E-state index contributed by atoms with van der Waals surface area (Å²) >= 11 is 0. The molecule has 0 N–H and O–H groups in total. The molecule has 0 aliphatic heterocycles. The number of benzene rings is 2. The van der Waals surface area contributed by atoms with Gasteiger partial charge < -0.3 is 4.74 Å². The van der Waals surface area contributed by atoms with Crippen LogP contribution in [0.2, 0.25) is 0 Å². The Morgan fingerprint density at radius 2 is 1.00 bits per heavy atom. The zero-order valence-electron chi connectivity index (χ0n) is 19.7. The minimum Gasteiger partial charge on any atom is -0.357 e. The molecule has 0 fully saturated rings. The van der Waals surface area contributed by atoms with Gasteiger partial charge in [0.2, 0.25) is 0 Å². The molecule has 0 amide bonds. The lowest BCUT2D eigenvalue weighted by Crippen LogP contribution is -2.07. The van der Waals surface area contributed by atoms with Crippen LogP contribution < -0.4 is 0 Å². The number of ether oxygens (including phenoxy) is 1. The van der Waals surface area contributed by atoms with Crippen molar-refractivity contribution in [2.45, 2.75) is 90.3 Å². The summed E-state index contributed by atoms with van der Waals surface area (Å²) in [6, 6.07) is 21.2. The Hall–Kier alpha value is -2.12. The zero-order chi connectivity index (χ0) is 22.0. The second kappa shape index (κ2) is 16.6. The second-order valence-corrected chi connectivity index (χ2v) is 8.35. The van der Waals surface area contributed by atoms with Crippen LogP contribution in [-0.4, -0.2) is 0 Å². The fourth-order valence-electron chi connectivity index (χ4n) is 3.73. The largest absolute Gasteiger partial charge is 0.357 e. The lowest BCUT2D eigenvalue weighted by Gasteiger charge is -2.22. The molecule has 31 heavy (non-hydrogen) atoms. The van der Waals surface area contributed by atoms with Crippen LogP contribution >= 0.6 is 0 Å². The molecule has 0 radical (unpaired) electrons. The highest BCUT2D eigenvalue weighted by molar-refractivity contribution is 5.25. The second-order valence-electron chi connectivity index (χ2n) is 8.35. The van der Waals surface area contributed by atoms with Crippen molar-refractivity contribution in [1.82, 2.24) is 0 Å². The smallest absolute Gasteiger partial charge is 0.102 e. The van der Waals surface area contributed by atoms with E-state index in [2.05, 4.69) is 98.8 Å². The predicted molar refractivity (Wildman–Crippen MR) is 135 cm³/mol. The number of rotatable bonds is 16. The van der Waals surface area contributed by atoms with Crippen molar-refractivity contribution in [3.63, 3.8) is 0 Å². The summed E-state index contributed by atoms with van der Waals surface area (Å²) in [4.78, 5) is 0. The van der Waals surface area contributed by atoms with E-state index in [0.717, 1.165) is 12.8 Å². The van der Waals surface area contributed by atoms with Crippen LogP contribution in [-0.2, 0) is 4.74 Å². The standard InChI is InChI=1S/C30H42O/c1-3-5-7-9-11-19-25-29(27-21-15-13-16-22-27)31-30(28-23-17-14-18-24-28)26-20-12-10-8-6-4-2/h13-26,29-30H,3-12H2,1-2H3. The maximum absolute atomic E-state index is 6.70. The summed E-state index contributed by atoms with van der Waals surface area (Å²) in [5.41, 5.74) is 2.43. The van der Waals surface area contributed by atoms with Crippen LogP contribution in [0.25, 0.3) is 0 Å². The third-order valence-electron chi connectivity index (χ3n) is 5.62. The molecule has 0 aliphatic carbocycles. The van der Waals surface area contributed by atoms with Gasteiger partial charge >= 0.3 is 0 Å². The summed E-state index contributed by atoms with van der Waals surface area (Å²) in [5.74, 6) is 0. The van der Waals surface area contributed by atoms with Crippen LogP contribution in [0.5, 0.6) is 0 Å². The topological polar surface area (TPSA) is 9.23 Å². The van der Waals surface area contributed by atoms with E-state index in [9.17, 15) is 0 Å². The van der Waals surface area contributed by atoms with Crippen molar-refractivity contribution < 1.29 is 4.74 Å². The summed E-state index contributed by atoms with van der Waals surface area (Å²) < 4.78 is 6.70. The van der Waals surface area contributed by atoms with Crippen molar-refractivity contribution in [3.05, 3.63) is 96.1 Å². The van der Waals surface area contributed by atoms with Gasteiger partial charge in [0.1, 0.15) is 12.2 Å². The molecule has 0 saturated carbocycles. The van der Waals surface area contributed by atoms with Gasteiger partial charge in [-0.25, -0.2) is 0 Å². The third kappa shape index (κ3) is 10.6. The quantitative estimate of drug-likeness (QED) is 0.195. The fraction of sp³-hybridized carbons (Fsp3) is 0.467. The van der Waals surface area contributed by atoms with Gasteiger partial charge in [-0.1, -0.05) is 137 Å². The maximum Gasteiger partial charge on any atom is 0.102 e. The SMILES string of the molecule is CCCCCCC=CC(OC(C=CCCCCCC)c1ccccc1)c1ccccc1. The number of unbranched alkanes of at least 4 members (excludes halogenated alkanes) is 8. The first kappa shape index (κ1) is 25.1. The Morgan fingerprint density at radius 3 is 1.39 bits per heavy atom. The molecule has 2 rings (SSSR count). The summed E-state index contributed by atoms with van der Waals surface area (Å²) in [5, 5.41) is 0. The van der Waals surface area contributed by atoms with E-state index in [0.29, 0.717) is 0 Å². The van der Waals surface area contributed by atoms with Crippen LogP contribution in [0.3, 0.4) is 0 Å². The highest BCUT2D eigenvalue weighted by atomic mass is 16.5. The molecule has 0 aromatic heterocycles. The maximum atomic E-state index is 6.70. The highest BCUT2D eigenvalue weighted by Crippen LogP contribution is 2.29. The molecule has 2 aromatic rings. The summed E-state index contributed by atoms with van der Waals surface area (Å²) in [6.07, 6.45) is 21.6. The minimum absolute atomic E-state index is 0.0395. The molecule has 1 heteroatoms. The Labute approximate surface area is 191 Å². The average Bonchev–Trinajstić information content (AvgIpc) is 2.82. The van der Waals surface area contributed by atoms with Crippen molar-refractivity contribution in [1.29, 1.82) is 0 Å². The van der Waals surface area contributed by atoms with E-state index in [1.807, 2.05) is 0 Å². The van der Waals surface area contributed by atoms with E-state index in [1.54, 1.807) is 0 Å². The summed E-state index contributed by atoms with van der Waals surface area (Å²) in [7, 11) is 0. The van der Waals surface area contributed by atoms with Gasteiger partial charge in [0.05, 0.1) is 0 Å². The first-order chi connectivity index (χ1) is 15.3. The minimum atomic E-state index is -0.0395. The summed E-state index contributed by atoms with van der Waals surface area (Å²) in [6.45, 7) is 4.52. The molecule has 2 atom stereocenters. The first-order valence-electron chi connectivity index (χ1n) is 12.4. The Morgan fingerprint density at radius 1 is 0.581 bits per heavy atom. The van der Waals surface area contributed by atoms with Gasteiger partial charge in [0.25, 0.3) is 0 Å². The molecule has 0 heterocycles. The molecular formula is C30H42O. The van der Waals surface area contributed by atoms with Gasteiger partial charge in [-0.05, 0) is 36.8 Å². The van der Waals surface area contributed by atoms with Crippen LogP contribution in [0, 0.1) is 0 Å². The lowest BCUT2D eigenvalue weighted by atomic mass is 10.0. The van der Waals surface area contributed by atoms with E-state index >= 15 is 0 Å². The molecule has 168 valence electrons. The highest BCUT2D eigenvalue weighted by Gasteiger charge is 2.16. The number of hydrogen-bond acceptors (Lipinski definition) is 1. The predicted octanol–water partition coefficient (Wildman–Crippen LogP) is 9.54. The van der Waals surface area contributed by atoms with Gasteiger partial charge in [-0.15, -0.1) is 0 Å². The van der Waals surface area contributed by atoms with Gasteiger partial charge in [-0.3, -0.25) is 0 Å². The number of hydrogen-bond donors (Lipinski definition) is 0. The van der Waals surface area contributed by atoms with E-state index in [4.69, 9.17) is 4.74 Å². The monoisotopic (exact) mass is 418 g/mol. The Kier molecular flexibility index (Phi) is 13.4. The third-order valence-corrected chi connectivity index (χ3v) is 5.62. The van der Waals surface area contributed by atoms with Gasteiger partial charge in [-0.2, -0.15) is 0 Å². The van der Waals surface area contributed by atoms with Crippen LogP contribution in [0.1, 0.15) is 101 Å². The molecule has 0 aliphatic rings. The molecular weight excluding hydrogens is 376 g/mol. The molecule has 1 nitrogen and oxygen atoms in total. The van der Waals surface area contributed by atoms with Crippen molar-refractivity contribution in [2.75, 3.05) is 0 Å². The Balaban J connectivity index is 2.09. The van der Waals surface area contributed by atoms with Crippen molar-refractivity contribution in [3.8, 4) is 0 Å². The van der Waals surface area contributed by atoms with Crippen molar-refractivity contribution >= 4 is 0 Å². The zero-order valence-corrected chi connectivity index (χ0v) is 19.7. The van der Waals surface area contributed by atoms with Crippen LogP contribution in [0.15, 0.2) is 85.0 Å². The van der Waals surface area contributed by atoms with E-state index < -0.39 is 0 Å². The molecule has 2 aromatic carbocycles. The first-order valence-corrected chi connectivity index (χ1v) is 12.4. The van der Waals surface area contributed by atoms with Crippen molar-refractivity contribution in [2.24, 2.45) is 0 Å². The molecule has 0 bridgehead atoms. The molecule has 0 spiro atoms. The normalized spacial score (nSPS) is 13.7. The average molecular weight is 419 g/mol. The van der Waals surface area contributed by atoms with Gasteiger partial charge in [0, 0.05) is 0 Å². The Bertz CT molecular complexity index is 653. The number of allylic oxidation sites excluding steroid dienone is 2. The lowest BCUT2D eigenvalue weighted by molar-refractivity contribution is 0.0396. The van der Waals surface area contributed by atoms with E-state index in [-0.39, 0.29) is 12.2 Å². The van der Waals surface area contributed by atoms with E-state index in [1.165, 1.54) is 62.5 Å². The van der Waals surface area contributed by atoms with Gasteiger partial charge in [0.15, 0.2) is 0 Å². The van der Waals surface area contributed by atoms with Crippen LogP contribution in [0.4, 0.5) is 0 Å². The molecule has 0 saturated heterocycles. The molecule has 2 unspecified atom stereocenters. The fourth-order valence-corrected chi connectivity index (χ4v) is 3.73.